The Morgan fingerprint density at radius 2 is 1.95 bits per heavy atom. The molecule has 1 aromatic heterocycles. The first-order valence-electron chi connectivity index (χ1n) is 6.97. The van der Waals surface area contributed by atoms with E-state index in [2.05, 4.69) is 17.5 Å². The first-order chi connectivity index (χ1) is 9.65. The van der Waals surface area contributed by atoms with E-state index in [1.807, 2.05) is 38.1 Å². The summed E-state index contributed by atoms with van der Waals surface area (Å²) in [6.45, 7) is 3.98. The van der Waals surface area contributed by atoms with Gasteiger partial charge in [-0.2, -0.15) is 0 Å². The third-order valence-electron chi connectivity index (χ3n) is 2.96. The number of thiophene rings is 1. The van der Waals surface area contributed by atoms with Crippen LogP contribution in [0.1, 0.15) is 41.9 Å². The fourth-order valence-electron chi connectivity index (χ4n) is 2.01. The molecule has 0 aliphatic carbocycles. The number of carbonyl (C=O) groups excluding carboxylic acids is 1. The van der Waals surface area contributed by atoms with Gasteiger partial charge in [0.15, 0.2) is 5.78 Å². The average Bonchev–Trinajstić information content (AvgIpc) is 2.92. The lowest BCUT2D eigenvalue weighted by Crippen LogP contribution is -2.06. The third kappa shape index (κ3) is 4.49. The molecule has 2 nitrogen and oxygen atoms in total. The summed E-state index contributed by atoms with van der Waals surface area (Å²) in [5.41, 5.74) is 0.771. The van der Waals surface area contributed by atoms with Crippen LogP contribution in [0.5, 0.6) is 5.75 Å². The summed E-state index contributed by atoms with van der Waals surface area (Å²) in [5, 5.41) is 2.07. The van der Waals surface area contributed by atoms with Crippen LogP contribution in [-0.2, 0) is 6.42 Å². The summed E-state index contributed by atoms with van der Waals surface area (Å²) in [4.78, 5) is 13.4. The van der Waals surface area contributed by atoms with Crippen LogP contribution in [0.4, 0.5) is 0 Å². The van der Waals surface area contributed by atoms with Crippen molar-refractivity contribution in [3.8, 4) is 5.75 Å². The third-order valence-corrected chi connectivity index (χ3v) is 3.89. The van der Waals surface area contributed by atoms with Gasteiger partial charge in [-0.15, -0.1) is 11.3 Å². The van der Waals surface area contributed by atoms with E-state index < -0.39 is 0 Å². The van der Waals surface area contributed by atoms with Gasteiger partial charge in [0.2, 0.25) is 0 Å². The number of hydrogen-bond donors (Lipinski definition) is 0. The number of carbonyl (C=O) groups is 1. The van der Waals surface area contributed by atoms with Gasteiger partial charge in [0.25, 0.3) is 0 Å². The monoisotopic (exact) mass is 288 g/mol. The minimum absolute atomic E-state index is 0.155. The number of ether oxygens (including phenoxy) is 1. The highest BCUT2D eigenvalue weighted by Crippen LogP contribution is 2.17. The standard InChI is InChI=1S/C17H20O2S/c1-13(2)19-15-10-8-14(9-11-15)17(18)7-3-5-16-6-4-12-20-16/h4,6,8-13H,3,5,7H2,1-2H3. The summed E-state index contributed by atoms with van der Waals surface area (Å²) < 4.78 is 5.57. The highest BCUT2D eigenvalue weighted by molar-refractivity contribution is 7.09. The maximum Gasteiger partial charge on any atom is 0.162 e. The topological polar surface area (TPSA) is 26.3 Å². The molecule has 0 unspecified atom stereocenters. The van der Waals surface area contributed by atoms with Gasteiger partial charge in [-0.05, 0) is 62.4 Å². The molecule has 0 bridgehead atoms. The molecule has 0 radical (unpaired) electrons. The lowest BCUT2D eigenvalue weighted by atomic mass is 10.1. The molecule has 0 amide bonds. The molecule has 0 aliphatic heterocycles. The Balaban J connectivity index is 1.82. The Kier molecular flexibility index (Phi) is 5.36. The number of hydrogen-bond acceptors (Lipinski definition) is 3. The molecule has 3 heteroatoms. The van der Waals surface area contributed by atoms with Crippen molar-refractivity contribution >= 4 is 17.1 Å². The van der Waals surface area contributed by atoms with E-state index in [9.17, 15) is 4.79 Å². The van der Waals surface area contributed by atoms with Crippen molar-refractivity contribution in [1.82, 2.24) is 0 Å². The zero-order valence-corrected chi connectivity index (χ0v) is 12.8. The average molecular weight is 288 g/mol. The van der Waals surface area contributed by atoms with Crippen molar-refractivity contribution < 1.29 is 9.53 Å². The van der Waals surface area contributed by atoms with Crippen LogP contribution in [0.3, 0.4) is 0 Å². The lowest BCUT2D eigenvalue weighted by Gasteiger charge is -2.09. The minimum Gasteiger partial charge on any atom is -0.491 e. The Bertz CT molecular complexity index is 527. The molecule has 2 rings (SSSR count). The molecular formula is C17H20O2S. The van der Waals surface area contributed by atoms with Gasteiger partial charge >= 0.3 is 0 Å². The van der Waals surface area contributed by atoms with Crippen LogP contribution in [0.2, 0.25) is 0 Å². The molecule has 20 heavy (non-hydrogen) atoms. The second-order valence-corrected chi connectivity index (χ2v) is 6.08. The van der Waals surface area contributed by atoms with E-state index in [4.69, 9.17) is 4.74 Å². The Morgan fingerprint density at radius 1 is 1.20 bits per heavy atom. The van der Waals surface area contributed by atoms with Gasteiger partial charge in [-0.3, -0.25) is 4.79 Å². The quantitative estimate of drug-likeness (QED) is 0.688. The molecule has 0 N–H and O–H groups in total. The Hall–Kier alpha value is -1.61. The number of benzene rings is 1. The SMILES string of the molecule is CC(C)Oc1ccc(C(=O)CCCc2cccs2)cc1. The highest BCUT2D eigenvalue weighted by Gasteiger charge is 2.07. The van der Waals surface area contributed by atoms with Gasteiger partial charge in [0.1, 0.15) is 5.75 Å². The Labute approximate surface area is 124 Å². The van der Waals surface area contributed by atoms with Crippen molar-refractivity contribution in [3.05, 3.63) is 52.2 Å². The van der Waals surface area contributed by atoms with Gasteiger partial charge in [0, 0.05) is 16.9 Å². The van der Waals surface area contributed by atoms with Crippen molar-refractivity contribution in [1.29, 1.82) is 0 Å². The van der Waals surface area contributed by atoms with Crippen molar-refractivity contribution in [2.24, 2.45) is 0 Å². The first-order valence-corrected chi connectivity index (χ1v) is 7.85. The molecule has 0 saturated carbocycles. The van der Waals surface area contributed by atoms with Crippen LogP contribution in [-0.4, -0.2) is 11.9 Å². The fraction of sp³-hybridized carbons (Fsp3) is 0.353. The van der Waals surface area contributed by atoms with Gasteiger partial charge in [-0.1, -0.05) is 6.07 Å². The number of aryl methyl sites for hydroxylation is 1. The van der Waals surface area contributed by atoms with Crippen molar-refractivity contribution in [2.75, 3.05) is 0 Å². The Morgan fingerprint density at radius 3 is 2.55 bits per heavy atom. The number of rotatable bonds is 7. The van der Waals surface area contributed by atoms with Gasteiger partial charge in [0.05, 0.1) is 6.10 Å². The molecule has 106 valence electrons. The summed E-state index contributed by atoms with van der Waals surface area (Å²) in [6.07, 6.45) is 2.64. The molecular weight excluding hydrogens is 268 g/mol. The van der Waals surface area contributed by atoms with E-state index in [1.54, 1.807) is 11.3 Å². The molecule has 0 fully saturated rings. The van der Waals surface area contributed by atoms with E-state index >= 15 is 0 Å². The second kappa shape index (κ2) is 7.25. The normalized spacial score (nSPS) is 10.8. The maximum absolute atomic E-state index is 12.1. The largest absolute Gasteiger partial charge is 0.491 e. The molecule has 0 aliphatic rings. The smallest absolute Gasteiger partial charge is 0.162 e. The van der Waals surface area contributed by atoms with Crippen molar-refractivity contribution in [2.45, 2.75) is 39.2 Å². The van der Waals surface area contributed by atoms with Crippen LogP contribution in [0.15, 0.2) is 41.8 Å². The molecule has 0 atom stereocenters. The molecule has 1 heterocycles. The summed E-state index contributed by atoms with van der Waals surface area (Å²) in [7, 11) is 0. The van der Waals surface area contributed by atoms with Crippen LogP contribution in [0.25, 0.3) is 0 Å². The van der Waals surface area contributed by atoms with Crippen LogP contribution in [0, 0.1) is 0 Å². The predicted molar refractivity (Wildman–Crippen MR) is 83.8 cm³/mol. The predicted octanol–water partition coefficient (Wildman–Crippen LogP) is 4.74. The summed E-state index contributed by atoms with van der Waals surface area (Å²) in [5.74, 6) is 1.02. The van der Waals surface area contributed by atoms with Crippen LogP contribution >= 0.6 is 11.3 Å². The number of Topliss-reactive ketones (excluding diaryl/α,β-unsaturated/α-hetero) is 1. The maximum atomic E-state index is 12.1. The van der Waals surface area contributed by atoms with E-state index in [-0.39, 0.29) is 11.9 Å². The zero-order valence-electron chi connectivity index (χ0n) is 12.0. The molecule has 1 aromatic carbocycles. The second-order valence-electron chi connectivity index (χ2n) is 5.05. The highest BCUT2D eigenvalue weighted by atomic mass is 32.1. The van der Waals surface area contributed by atoms with Gasteiger partial charge < -0.3 is 4.74 Å². The molecule has 0 spiro atoms. The fourth-order valence-corrected chi connectivity index (χ4v) is 2.77. The van der Waals surface area contributed by atoms with Gasteiger partial charge in [-0.25, -0.2) is 0 Å². The van der Waals surface area contributed by atoms with E-state index in [0.29, 0.717) is 6.42 Å². The summed E-state index contributed by atoms with van der Waals surface area (Å²) >= 11 is 1.75. The zero-order chi connectivity index (χ0) is 14.4. The first kappa shape index (κ1) is 14.8. The molecule has 0 saturated heterocycles. The lowest BCUT2D eigenvalue weighted by molar-refractivity contribution is 0.0980. The van der Waals surface area contributed by atoms with Crippen molar-refractivity contribution in [3.63, 3.8) is 0 Å². The van der Waals surface area contributed by atoms with E-state index in [0.717, 1.165) is 24.2 Å². The number of ketones is 1. The summed E-state index contributed by atoms with van der Waals surface area (Å²) in [6, 6.07) is 11.6. The molecule has 2 aromatic rings. The van der Waals surface area contributed by atoms with Crippen LogP contribution < -0.4 is 4.74 Å². The van der Waals surface area contributed by atoms with E-state index in [1.165, 1.54) is 4.88 Å². The minimum atomic E-state index is 0.155.